The molecule has 2 aromatic heterocycles. The Balaban J connectivity index is 1.25. The fraction of sp³-hybridized carbons (Fsp3) is 0.227. The number of para-hydroxylation sites is 2. The number of nitrogens with one attached hydrogen (secondary N) is 1. The first kappa shape index (κ1) is 19.9. The average molecular weight is 423 g/mol. The number of fused-ring (bicyclic) bond motifs is 1. The molecular formula is C22H21N3O4S. The molecule has 0 saturated carbocycles. The van der Waals surface area contributed by atoms with Gasteiger partial charge in [0.25, 0.3) is 0 Å². The number of esters is 1. The van der Waals surface area contributed by atoms with Crippen LogP contribution in [0.5, 0.6) is 5.75 Å². The molecule has 0 atom stereocenters. The van der Waals surface area contributed by atoms with E-state index >= 15 is 0 Å². The largest absolute Gasteiger partial charge is 0.487 e. The van der Waals surface area contributed by atoms with Gasteiger partial charge in [-0.3, -0.25) is 4.57 Å². The summed E-state index contributed by atoms with van der Waals surface area (Å²) in [6, 6.07) is 14.3. The number of aromatic amines is 1. The first-order valence-corrected chi connectivity index (χ1v) is 10.5. The van der Waals surface area contributed by atoms with Gasteiger partial charge < -0.3 is 14.5 Å². The minimum absolute atomic E-state index is 0.161. The highest BCUT2D eigenvalue weighted by Crippen LogP contribution is 2.16. The molecule has 2 aromatic carbocycles. The Morgan fingerprint density at radius 2 is 1.97 bits per heavy atom. The second kappa shape index (κ2) is 8.96. The Morgan fingerprint density at radius 3 is 2.73 bits per heavy atom. The number of H-pyrrole nitrogens is 1. The zero-order chi connectivity index (χ0) is 20.9. The highest BCUT2D eigenvalue weighted by Gasteiger charge is 2.09. The minimum atomic E-state index is -0.400. The van der Waals surface area contributed by atoms with Crippen LogP contribution in [0.15, 0.2) is 58.7 Å². The minimum Gasteiger partial charge on any atom is -0.487 e. The summed E-state index contributed by atoms with van der Waals surface area (Å²) < 4.78 is 12.7. The van der Waals surface area contributed by atoms with Crippen LogP contribution in [-0.2, 0) is 17.9 Å². The number of thiazole rings is 1. The second-order valence-corrected chi connectivity index (χ2v) is 7.82. The lowest BCUT2D eigenvalue weighted by molar-refractivity contribution is 0.0496. The highest BCUT2D eigenvalue weighted by atomic mass is 32.1. The summed E-state index contributed by atoms with van der Waals surface area (Å²) in [6.45, 7) is 3.04. The second-order valence-electron chi connectivity index (χ2n) is 6.76. The van der Waals surface area contributed by atoms with Crippen molar-refractivity contribution >= 4 is 28.3 Å². The molecule has 0 amide bonds. The van der Waals surface area contributed by atoms with E-state index in [-0.39, 0.29) is 12.3 Å². The number of rotatable bonds is 8. The van der Waals surface area contributed by atoms with Crippen molar-refractivity contribution in [3.05, 3.63) is 80.7 Å². The molecule has 8 heteroatoms. The van der Waals surface area contributed by atoms with E-state index in [4.69, 9.17) is 9.47 Å². The van der Waals surface area contributed by atoms with Crippen LogP contribution in [0.4, 0.5) is 0 Å². The van der Waals surface area contributed by atoms with Crippen molar-refractivity contribution in [1.82, 2.24) is 14.5 Å². The van der Waals surface area contributed by atoms with Gasteiger partial charge in [0.05, 0.1) is 33.9 Å². The zero-order valence-electron chi connectivity index (χ0n) is 16.5. The number of benzene rings is 2. The summed E-state index contributed by atoms with van der Waals surface area (Å²) in [5.74, 6) is 0.263. The molecule has 0 aliphatic heterocycles. The topological polar surface area (TPSA) is 86.2 Å². The van der Waals surface area contributed by atoms with Crippen molar-refractivity contribution < 1.29 is 14.3 Å². The summed E-state index contributed by atoms with van der Waals surface area (Å²) in [7, 11) is 0. The lowest BCUT2D eigenvalue weighted by atomic mass is 10.2. The fourth-order valence-electron chi connectivity index (χ4n) is 3.12. The maximum atomic E-state index is 12.2. The Hall–Kier alpha value is -3.39. The third kappa shape index (κ3) is 4.60. The summed E-state index contributed by atoms with van der Waals surface area (Å²) in [4.78, 5) is 31.4. The van der Waals surface area contributed by atoms with Crippen LogP contribution in [0.3, 0.4) is 0 Å². The number of ether oxygens (including phenoxy) is 2. The van der Waals surface area contributed by atoms with E-state index in [1.165, 1.54) is 0 Å². The van der Waals surface area contributed by atoms with Crippen molar-refractivity contribution in [1.29, 1.82) is 0 Å². The predicted octanol–water partition coefficient (Wildman–Crippen LogP) is 3.92. The number of aromatic nitrogens is 3. The number of aryl methyl sites for hydroxylation is 2. The van der Waals surface area contributed by atoms with Gasteiger partial charge >= 0.3 is 11.7 Å². The van der Waals surface area contributed by atoms with Gasteiger partial charge in [0.1, 0.15) is 12.4 Å². The van der Waals surface area contributed by atoms with E-state index in [0.717, 1.165) is 21.7 Å². The van der Waals surface area contributed by atoms with Gasteiger partial charge in [-0.25, -0.2) is 14.6 Å². The normalized spacial score (nSPS) is 11.0. The van der Waals surface area contributed by atoms with Crippen LogP contribution >= 0.6 is 11.3 Å². The van der Waals surface area contributed by atoms with Crippen LogP contribution in [0.2, 0.25) is 0 Å². The lowest BCUT2D eigenvalue weighted by Crippen LogP contribution is -2.18. The SMILES string of the molecule is Cc1nc(COc2ccc(C(=O)OCCCn3c(=O)[nH]c4ccccc43)cc2)cs1. The number of hydrogen-bond donors (Lipinski definition) is 1. The molecule has 2 heterocycles. The summed E-state index contributed by atoms with van der Waals surface area (Å²) >= 11 is 1.58. The first-order valence-electron chi connectivity index (χ1n) is 9.59. The highest BCUT2D eigenvalue weighted by molar-refractivity contribution is 7.09. The van der Waals surface area contributed by atoms with Gasteiger partial charge in [-0.2, -0.15) is 0 Å². The fourth-order valence-corrected chi connectivity index (χ4v) is 3.72. The van der Waals surface area contributed by atoms with E-state index < -0.39 is 5.97 Å². The molecule has 0 aliphatic carbocycles. The van der Waals surface area contributed by atoms with Crippen LogP contribution < -0.4 is 10.4 Å². The Morgan fingerprint density at radius 1 is 1.17 bits per heavy atom. The van der Waals surface area contributed by atoms with Gasteiger partial charge in [-0.1, -0.05) is 12.1 Å². The van der Waals surface area contributed by atoms with E-state index in [0.29, 0.717) is 30.9 Å². The Bertz CT molecular complexity index is 1210. The third-order valence-electron chi connectivity index (χ3n) is 4.58. The molecule has 1 N–H and O–H groups in total. The van der Waals surface area contributed by atoms with E-state index in [1.807, 2.05) is 36.6 Å². The molecule has 154 valence electrons. The van der Waals surface area contributed by atoms with Crippen LogP contribution in [0.1, 0.15) is 27.5 Å². The molecule has 0 spiro atoms. The van der Waals surface area contributed by atoms with Gasteiger partial charge in [-0.15, -0.1) is 11.3 Å². The third-order valence-corrected chi connectivity index (χ3v) is 5.41. The van der Waals surface area contributed by atoms with Gasteiger partial charge in [0.2, 0.25) is 0 Å². The number of nitrogens with zero attached hydrogens (tertiary/aromatic N) is 2. The van der Waals surface area contributed by atoms with Crippen LogP contribution in [-0.4, -0.2) is 27.1 Å². The maximum absolute atomic E-state index is 12.2. The summed E-state index contributed by atoms with van der Waals surface area (Å²) in [5, 5.41) is 2.96. The van der Waals surface area contributed by atoms with E-state index in [2.05, 4.69) is 9.97 Å². The number of imidazole rings is 1. The Kier molecular flexibility index (Phi) is 5.94. The molecule has 0 radical (unpaired) electrons. The molecule has 30 heavy (non-hydrogen) atoms. The Labute approximate surface area is 176 Å². The molecule has 7 nitrogen and oxygen atoms in total. The maximum Gasteiger partial charge on any atom is 0.338 e. The first-order chi connectivity index (χ1) is 14.6. The van der Waals surface area contributed by atoms with Crippen molar-refractivity contribution in [2.75, 3.05) is 6.61 Å². The van der Waals surface area contributed by atoms with Gasteiger partial charge in [-0.05, 0) is 49.7 Å². The number of carbonyl (C=O) groups excluding carboxylic acids is 1. The quantitative estimate of drug-likeness (QED) is 0.343. The predicted molar refractivity (Wildman–Crippen MR) is 115 cm³/mol. The lowest BCUT2D eigenvalue weighted by Gasteiger charge is -2.07. The standard InChI is InChI=1S/C22H21N3O4S/c1-15-23-17(14-30-15)13-29-18-9-7-16(8-10-18)21(26)28-12-4-11-25-20-6-3-2-5-19(20)24-22(25)27/h2-3,5-10,14H,4,11-13H2,1H3,(H,24,27). The van der Waals surface area contributed by atoms with Crippen LogP contribution in [0, 0.1) is 6.92 Å². The van der Waals surface area contributed by atoms with E-state index in [1.54, 1.807) is 40.2 Å². The summed E-state index contributed by atoms with van der Waals surface area (Å²) in [5.41, 5.74) is 2.82. The van der Waals surface area contributed by atoms with E-state index in [9.17, 15) is 9.59 Å². The number of hydrogen-bond acceptors (Lipinski definition) is 6. The molecule has 0 unspecified atom stereocenters. The molecule has 0 saturated heterocycles. The zero-order valence-corrected chi connectivity index (χ0v) is 17.3. The average Bonchev–Trinajstić information content (AvgIpc) is 3.32. The van der Waals surface area contributed by atoms with Crippen molar-refractivity contribution in [3.8, 4) is 5.75 Å². The van der Waals surface area contributed by atoms with Crippen molar-refractivity contribution in [2.45, 2.75) is 26.5 Å². The van der Waals surface area contributed by atoms with Crippen LogP contribution in [0.25, 0.3) is 11.0 Å². The summed E-state index contributed by atoms with van der Waals surface area (Å²) in [6.07, 6.45) is 0.543. The molecular weight excluding hydrogens is 402 g/mol. The molecule has 4 aromatic rings. The number of carbonyl (C=O) groups is 1. The van der Waals surface area contributed by atoms with Crippen molar-refractivity contribution in [3.63, 3.8) is 0 Å². The smallest absolute Gasteiger partial charge is 0.338 e. The molecule has 0 bridgehead atoms. The molecule has 0 aliphatic rings. The van der Waals surface area contributed by atoms with Gasteiger partial charge in [0.15, 0.2) is 0 Å². The van der Waals surface area contributed by atoms with Crippen molar-refractivity contribution in [2.24, 2.45) is 0 Å². The molecule has 0 fully saturated rings. The molecule has 4 rings (SSSR count). The van der Waals surface area contributed by atoms with Gasteiger partial charge in [0, 0.05) is 11.9 Å². The monoisotopic (exact) mass is 423 g/mol.